The number of benzene rings is 4. The smallest absolute Gasteiger partial charge is 0.416 e. The Kier molecular flexibility index (Phi) is 10.5. The molecule has 12 heteroatoms. The number of ether oxygens (including phenoxy) is 2. The topological polar surface area (TPSA) is 45.3 Å². The lowest BCUT2D eigenvalue weighted by atomic mass is 10.1. The average Bonchev–Trinajstić information content (AvgIpc) is 3.04. The third kappa shape index (κ3) is 7.84. The highest BCUT2D eigenvalue weighted by Gasteiger charge is 2.33. The van der Waals surface area contributed by atoms with Gasteiger partial charge >= 0.3 is 12.1 Å². The van der Waals surface area contributed by atoms with E-state index in [4.69, 9.17) is 9.47 Å². The quantitative estimate of drug-likeness (QED) is 0.150. The number of anilines is 2. The van der Waals surface area contributed by atoms with E-state index >= 15 is 0 Å². The Labute approximate surface area is 287 Å². The van der Waals surface area contributed by atoms with Crippen LogP contribution in [0.1, 0.15) is 12.0 Å². The minimum Gasteiger partial charge on any atom is -0.481 e. The largest absolute Gasteiger partial charge is 0.481 e. The minimum atomic E-state index is -4.39. The maximum absolute atomic E-state index is 13.5. The van der Waals surface area contributed by atoms with E-state index in [0.29, 0.717) is 31.1 Å². The van der Waals surface area contributed by atoms with Crippen molar-refractivity contribution in [3.8, 4) is 5.75 Å². The fraction of sp³-hybridized carbons (Fsp3) is 0.324. The minimum absolute atomic E-state index is 0.170. The Morgan fingerprint density at radius 2 is 1.57 bits per heavy atom. The summed E-state index contributed by atoms with van der Waals surface area (Å²) in [7, 11) is 0. The molecule has 0 spiro atoms. The van der Waals surface area contributed by atoms with Crippen molar-refractivity contribution in [2.45, 2.75) is 22.4 Å². The number of piperazine rings is 1. The zero-order valence-corrected chi connectivity index (χ0v) is 28.9. The van der Waals surface area contributed by atoms with Crippen molar-refractivity contribution in [3.05, 3.63) is 87.3 Å². The van der Waals surface area contributed by atoms with Crippen molar-refractivity contribution in [2.75, 3.05) is 63.9 Å². The van der Waals surface area contributed by atoms with Crippen molar-refractivity contribution in [3.63, 3.8) is 0 Å². The fourth-order valence-electron chi connectivity index (χ4n) is 5.76. The van der Waals surface area contributed by atoms with E-state index in [-0.39, 0.29) is 6.61 Å². The van der Waals surface area contributed by atoms with Gasteiger partial charge in [-0.1, -0.05) is 52.0 Å². The summed E-state index contributed by atoms with van der Waals surface area (Å²) < 4.78 is 53.5. The second-order valence-corrected chi connectivity index (χ2v) is 14.0. The van der Waals surface area contributed by atoms with Gasteiger partial charge in [0.25, 0.3) is 0 Å². The van der Waals surface area contributed by atoms with Crippen LogP contribution >= 0.6 is 43.6 Å². The lowest BCUT2D eigenvalue weighted by molar-refractivity contribution is -0.146. The van der Waals surface area contributed by atoms with Crippen molar-refractivity contribution < 1.29 is 27.4 Å². The number of nitrogens with zero attached hydrogens (tertiary/aromatic N) is 3. The summed E-state index contributed by atoms with van der Waals surface area (Å²) in [6, 6.07) is 21.6. The van der Waals surface area contributed by atoms with Crippen molar-refractivity contribution in [2.24, 2.45) is 0 Å². The highest BCUT2D eigenvalue weighted by molar-refractivity contribution is 9.11. The van der Waals surface area contributed by atoms with Crippen LogP contribution in [0.15, 0.2) is 91.5 Å². The Balaban J connectivity index is 0.931. The Morgan fingerprint density at radius 1 is 0.826 bits per heavy atom. The van der Waals surface area contributed by atoms with Gasteiger partial charge in [0, 0.05) is 53.5 Å². The Morgan fingerprint density at radius 3 is 2.35 bits per heavy atom. The van der Waals surface area contributed by atoms with Crippen molar-refractivity contribution in [1.82, 2.24) is 9.80 Å². The molecule has 0 radical (unpaired) electrons. The molecular weight excluding hydrogens is 747 g/mol. The number of carbonyl (C=O) groups excluding carboxylic acids is 1. The van der Waals surface area contributed by atoms with Crippen LogP contribution in [0, 0.1) is 0 Å². The molecule has 0 unspecified atom stereocenters. The Hall–Kier alpha value is -2.77. The standard InChI is InChI=1S/C34H32Br2F3N3O3S/c35-25-8-9-26-23(20-25)6-10-29(33(26)36)45-22-32(43)44-19-18-41-16-14-40(15-17-41)12-3-13-42-27-4-1-2-5-30(27)46-31-11-7-24(21-28(31)42)34(37,38)39/h1-2,4-11,20-21H,3,12-19,22H2. The molecule has 0 aromatic heterocycles. The second kappa shape index (κ2) is 14.6. The molecule has 1 fully saturated rings. The molecule has 2 aliphatic rings. The zero-order chi connectivity index (χ0) is 32.3. The van der Waals surface area contributed by atoms with E-state index in [2.05, 4.69) is 41.7 Å². The molecule has 4 aromatic carbocycles. The molecule has 6 nitrogen and oxygen atoms in total. The van der Waals surface area contributed by atoms with Crippen LogP contribution in [0.4, 0.5) is 24.5 Å². The SMILES string of the molecule is O=C(COc1ccc2cc(Br)ccc2c1Br)OCCN1CCN(CCCN2c3ccccc3Sc3ccc(C(F)(F)F)cc32)CC1. The molecule has 2 aliphatic heterocycles. The van der Waals surface area contributed by atoms with Gasteiger partial charge in [0.2, 0.25) is 0 Å². The van der Waals surface area contributed by atoms with E-state index in [1.165, 1.54) is 17.8 Å². The number of halogens is 5. The van der Waals surface area contributed by atoms with Gasteiger partial charge in [0.1, 0.15) is 12.4 Å². The average molecular weight is 780 g/mol. The third-order valence-corrected chi connectivity index (χ3v) is 10.6. The fourth-order valence-corrected chi connectivity index (χ4v) is 7.82. The first-order valence-corrected chi connectivity index (χ1v) is 17.4. The van der Waals surface area contributed by atoms with Crippen LogP contribution in [0.2, 0.25) is 0 Å². The van der Waals surface area contributed by atoms with Gasteiger partial charge in [0.15, 0.2) is 6.61 Å². The highest BCUT2D eigenvalue weighted by Crippen LogP contribution is 2.49. The third-order valence-electron chi connectivity index (χ3n) is 8.17. The normalized spacial score (nSPS) is 15.5. The molecule has 46 heavy (non-hydrogen) atoms. The predicted molar refractivity (Wildman–Crippen MR) is 182 cm³/mol. The molecule has 0 aliphatic carbocycles. The van der Waals surface area contributed by atoms with E-state index in [1.807, 2.05) is 59.5 Å². The van der Waals surface area contributed by atoms with Crippen LogP contribution in [0.3, 0.4) is 0 Å². The number of carbonyl (C=O) groups is 1. The van der Waals surface area contributed by atoms with E-state index in [9.17, 15) is 18.0 Å². The van der Waals surface area contributed by atoms with Crippen LogP contribution < -0.4 is 9.64 Å². The van der Waals surface area contributed by atoms with Gasteiger partial charge in [-0.15, -0.1) is 0 Å². The molecule has 0 atom stereocenters. The maximum atomic E-state index is 13.5. The molecular formula is C34H32Br2F3N3O3S. The zero-order valence-electron chi connectivity index (χ0n) is 24.9. The van der Waals surface area contributed by atoms with Crippen LogP contribution in [-0.4, -0.2) is 74.8 Å². The summed E-state index contributed by atoms with van der Waals surface area (Å²) in [5.74, 6) is 0.171. The van der Waals surface area contributed by atoms with Crippen LogP contribution in [0.5, 0.6) is 5.75 Å². The summed E-state index contributed by atoms with van der Waals surface area (Å²) in [5.41, 5.74) is 0.932. The van der Waals surface area contributed by atoms with Crippen LogP contribution in [-0.2, 0) is 15.7 Å². The number of para-hydroxylation sites is 1. The molecule has 242 valence electrons. The molecule has 4 aromatic rings. The summed E-state index contributed by atoms with van der Waals surface area (Å²) in [6.45, 7) is 5.71. The summed E-state index contributed by atoms with van der Waals surface area (Å²) >= 11 is 8.57. The lowest BCUT2D eigenvalue weighted by Gasteiger charge is -2.36. The van der Waals surface area contributed by atoms with E-state index in [1.54, 1.807) is 6.07 Å². The molecule has 6 rings (SSSR count). The number of hydrogen-bond donors (Lipinski definition) is 0. The summed E-state index contributed by atoms with van der Waals surface area (Å²) in [6.07, 6.45) is -3.57. The first-order chi connectivity index (χ1) is 22.2. The molecule has 0 bridgehead atoms. The first kappa shape index (κ1) is 33.1. The number of rotatable bonds is 10. The van der Waals surface area contributed by atoms with Gasteiger partial charge in [0.05, 0.1) is 21.4 Å². The van der Waals surface area contributed by atoms with Crippen LogP contribution in [0.25, 0.3) is 10.8 Å². The maximum Gasteiger partial charge on any atom is 0.416 e. The molecule has 2 heterocycles. The van der Waals surface area contributed by atoms with Gasteiger partial charge in [-0.3, -0.25) is 4.90 Å². The van der Waals surface area contributed by atoms with Gasteiger partial charge in [-0.25, -0.2) is 4.79 Å². The molecule has 1 saturated heterocycles. The Bertz CT molecular complexity index is 1720. The van der Waals surface area contributed by atoms with Gasteiger partial charge in [-0.05, 0) is 88.2 Å². The van der Waals surface area contributed by atoms with Gasteiger partial charge in [-0.2, -0.15) is 13.2 Å². The lowest BCUT2D eigenvalue weighted by Crippen LogP contribution is -2.47. The number of esters is 1. The highest BCUT2D eigenvalue weighted by atomic mass is 79.9. The van der Waals surface area contributed by atoms with Crippen molar-refractivity contribution >= 4 is 71.7 Å². The summed E-state index contributed by atoms with van der Waals surface area (Å²) in [5, 5.41) is 2.05. The molecule has 0 saturated carbocycles. The number of alkyl halides is 3. The molecule has 0 N–H and O–H groups in total. The monoisotopic (exact) mass is 777 g/mol. The number of hydrogen-bond acceptors (Lipinski definition) is 7. The number of fused-ring (bicyclic) bond motifs is 3. The van der Waals surface area contributed by atoms with Crippen molar-refractivity contribution in [1.29, 1.82) is 0 Å². The van der Waals surface area contributed by atoms with E-state index < -0.39 is 17.7 Å². The first-order valence-electron chi connectivity index (χ1n) is 15.0. The molecule has 0 amide bonds. The van der Waals surface area contributed by atoms with E-state index in [0.717, 1.165) is 80.4 Å². The summed E-state index contributed by atoms with van der Waals surface area (Å²) in [4.78, 5) is 20.9. The second-order valence-electron chi connectivity index (χ2n) is 11.2. The van der Waals surface area contributed by atoms with Gasteiger partial charge < -0.3 is 19.3 Å². The predicted octanol–water partition coefficient (Wildman–Crippen LogP) is 8.62.